The lowest BCUT2D eigenvalue weighted by atomic mass is 10.1. The molecule has 13 heteroatoms. The molecule has 2 aromatic carbocycles. The quantitative estimate of drug-likeness (QED) is 0.302. The molecule has 1 aliphatic rings. The van der Waals surface area contributed by atoms with Gasteiger partial charge in [-0.25, -0.2) is 0 Å². The van der Waals surface area contributed by atoms with E-state index in [1.807, 2.05) is 36.1 Å². The molecule has 0 spiro atoms. The number of aromatic amines is 1. The van der Waals surface area contributed by atoms with Crippen molar-refractivity contribution < 1.29 is 24.2 Å². The molecular formula is C26H32N8O5. The number of hydrogen-bond acceptors (Lipinski definition) is 9. The number of benzene rings is 2. The van der Waals surface area contributed by atoms with Crippen molar-refractivity contribution in [2.75, 3.05) is 32.8 Å². The van der Waals surface area contributed by atoms with E-state index in [-0.39, 0.29) is 32.1 Å². The number of aliphatic hydroxyl groups is 1. The minimum atomic E-state index is -1.16. The first-order valence-electron chi connectivity index (χ1n) is 12.6. The summed E-state index contributed by atoms with van der Waals surface area (Å²) in [5.41, 5.74) is 2.85. The average Bonchev–Trinajstić information content (AvgIpc) is 3.45. The maximum absolute atomic E-state index is 12.9. The fourth-order valence-corrected chi connectivity index (χ4v) is 4.10. The number of rotatable bonds is 4. The molecule has 1 aromatic heterocycles. The Morgan fingerprint density at radius 1 is 1.08 bits per heavy atom. The molecule has 4 rings (SSSR count). The Balaban J connectivity index is 1.48. The van der Waals surface area contributed by atoms with Gasteiger partial charge in [0.25, 0.3) is 5.91 Å². The summed E-state index contributed by atoms with van der Waals surface area (Å²) >= 11 is 0. The second kappa shape index (κ2) is 12.9. The van der Waals surface area contributed by atoms with Crippen LogP contribution in [0.2, 0.25) is 0 Å². The Bertz CT molecular complexity index is 1280. The summed E-state index contributed by atoms with van der Waals surface area (Å²) in [6.45, 7) is 4.85. The highest BCUT2D eigenvalue weighted by molar-refractivity contribution is 5.98. The van der Waals surface area contributed by atoms with Crippen molar-refractivity contribution in [2.24, 2.45) is 0 Å². The summed E-state index contributed by atoms with van der Waals surface area (Å²) in [5.74, 6) is -0.260. The van der Waals surface area contributed by atoms with Crippen molar-refractivity contribution in [1.82, 2.24) is 41.5 Å². The van der Waals surface area contributed by atoms with Gasteiger partial charge in [-0.15, -0.1) is 10.2 Å². The van der Waals surface area contributed by atoms with Crippen LogP contribution in [0.1, 0.15) is 28.4 Å². The summed E-state index contributed by atoms with van der Waals surface area (Å²) < 4.78 is 5.81. The molecule has 13 nitrogen and oxygen atoms in total. The summed E-state index contributed by atoms with van der Waals surface area (Å²) in [6, 6.07) is 11.3. The van der Waals surface area contributed by atoms with Crippen molar-refractivity contribution in [3.05, 3.63) is 59.2 Å². The average molecular weight is 537 g/mol. The zero-order valence-corrected chi connectivity index (χ0v) is 21.8. The molecule has 5 N–H and O–H groups in total. The smallest absolute Gasteiger partial charge is 0.252 e. The lowest BCUT2D eigenvalue weighted by Crippen LogP contribution is -2.53. The molecule has 0 saturated carbocycles. The Morgan fingerprint density at radius 2 is 1.85 bits per heavy atom. The van der Waals surface area contributed by atoms with Crippen LogP contribution in [0.4, 0.5) is 0 Å². The number of nitrogens with zero attached hydrogens (tertiary/aromatic N) is 4. The molecule has 2 atom stereocenters. The highest BCUT2D eigenvalue weighted by Gasteiger charge is 2.26. The number of amides is 3. The number of nitrogens with one attached hydrogen (secondary N) is 4. The molecule has 206 valence electrons. The third-order valence-electron chi connectivity index (χ3n) is 6.24. The number of H-pyrrole nitrogens is 1. The van der Waals surface area contributed by atoms with E-state index in [2.05, 4.69) is 36.6 Å². The molecule has 3 amide bonds. The van der Waals surface area contributed by atoms with Crippen molar-refractivity contribution in [2.45, 2.75) is 32.5 Å². The van der Waals surface area contributed by atoms with Crippen LogP contribution < -0.4 is 20.7 Å². The number of aliphatic hydroxyl groups excluding tert-OH is 1. The van der Waals surface area contributed by atoms with Gasteiger partial charge in [-0.2, -0.15) is 5.21 Å². The Labute approximate surface area is 225 Å². The third kappa shape index (κ3) is 7.58. The van der Waals surface area contributed by atoms with Crippen LogP contribution in [-0.2, 0) is 16.1 Å². The van der Waals surface area contributed by atoms with E-state index in [1.165, 1.54) is 6.92 Å². The molecule has 39 heavy (non-hydrogen) atoms. The Kier molecular flexibility index (Phi) is 9.18. The second-order valence-electron chi connectivity index (χ2n) is 9.30. The Hall–Kier alpha value is -4.36. The van der Waals surface area contributed by atoms with E-state index in [9.17, 15) is 19.5 Å². The predicted octanol–water partition coefficient (Wildman–Crippen LogP) is -0.219. The van der Waals surface area contributed by atoms with Gasteiger partial charge in [-0.05, 0) is 42.3 Å². The van der Waals surface area contributed by atoms with E-state index in [0.29, 0.717) is 30.2 Å². The fourth-order valence-electron chi connectivity index (χ4n) is 4.10. The van der Waals surface area contributed by atoms with Gasteiger partial charge in [-0.1, -0.05) is 30.3 Å². The summed E-state index contributed by atoms with van der Waals surface area (Å²) in [6.07, 6.45) is -1.13. The van der Waals surface area contributed by atoms with E-state index in [4.69, 9.17) is 4.74 Å². The summed E-state index contributed by atoms with van der Waals surface area (Å²) in [7, 11) is 0. The summed E-state index contributed by atoms with van der Waals surface area (Å²) in [5, 5.41) is 32.4. The van der Waals surface area contributed by atoms with Crippen LogP contribution >= 0.6 is 0 Å². The highest BCUT2D eigenvalue weighted by Crippen LogP contribution is 2.20. The number of aryl methyl sites for hydroxylation is 1. The normalized spacial score (nSPS) is 18.7. The number of tetrazole rings is 1. The first-order valence-corrected chi connectivity index (χ1v) is 12.6. The summed E-state index contributed by atoms with van der Waals surface area (Å²) in [4.78, 5) is 40.4. The minimum Gasteiger partial charge on any atom is -0.491 e. The molecular weight excluding hydrogens is 504 g/mol. The van der Waals surface area contributed by atoms with Crippen LogP contribution in [0.3, 0.4) is 0 Å². The van der Waals surface area contributed by atoms with Crippen molar-refractivity contribution in [1.29, 1.82) is 0 Å². The van der Waals surface area contributed by atoms with E-state index in [1.54, 1.807) is 18.2 Å². The van der Waals surface area contributed by atoms with Crippen LogP contribution in [-0.4, -0.2) is 93.3 Å². The maximum atomic E-state index is 12.9. The van der Waals surface area contributed by atoms with Crippen LogP contribution in [0.15, 0.2) is 42.5 Å². The first-order chi connectivity index (χ1) is 18.8. The molecule has 2 heterocycles. The standard InChI is InChI=1S/C26H32N8O5/c1-16-3-6-20-13-21(16)39-12-10-27-22(36)15-34(11-9-28-26(38)23(17(2)35)29-25(20)37)14-18-4-7-19(8-5-18)24-30-32-33-31-24/h3-8,13,17,23,35H,9-12,14-15H2,1-2H3,(H,27,36)(H,28,38)(H,29,37)(H,30,31,32,33)/t17-,23+/m1/s1. The molecule has 0 fully saturated rings. The number of hydrogen-bond donors (Lipinski definition) is 5. The molecule has 2 bridgehead atoms. The fraction of sp³-hybridized carbons (Fsp3) is 0.385. The number of carbonyl (C=O) groups is 3. The van der Waals surface area contributed by atoms with Crippen molar-refractivity contribution in [3.8, 4) is 17.1 Å². The van der Waals surface area contributed by atoms with E-state index >= 15 is 0 Å². The Morgan fingerprint density at radius 3 is 2.56 bits per heavy atom. The molecule has 0 aliphatic carbocycles. The van der Waals surface area contributed by atoms with Gasteiger partial charge in [0.2, 0.25) is 17.6 Å². The lowest BCUT2D eigenvalue weighted by molar-refractivity contribution is -0.125. The topological polar surface area (TPSA) is 174 Å². The van der Waals surface area contributed by atoms with Gasteiger partial charge in [-0.3, -0.25) is 19.3 Å². The zero-order chi connectivity index (χ0) is 27.8. The molecule has 0 unspecified atom stereocenters. The lowest BCUT2D eigenvalue weighted by Gasteiger charge is -2.24. The third-order valence-corrected chi connectivity index (χ3v) is 6.24. The largest absolute Gasteiger partial charge is 0.491 e. The van der Waals surface area contributed by atoms with Crippen LogP contribution in [0, 0.1) is 6.92 Å². The highest BCUT2D eigenvalue weighted by atomic mass is 16.5. The number of ether oxygens (including phenoxy) is 1. The van der Waals surface area contributed by atoms with Gasteiger partial charge in [0.15, 0.2) is 0 Å². The molecule has 0 radical (unpaired) electrons. The van der Waals surface area contributed by atoms with Crippen LogP contribution in [0.25, 0.3) is 11.4 Å². The van der Waals surface area contributed by atoms with Gasteiger partial charge < -0.3 is 25.8 Å². The van der Waals surface area contributed by atoms with Gasteiger partial charge >= 0.3 is 0 Å². The molecule has 0 saturated heterocycles. The number of aromatic nitrogens is 4. The SMILES string of the molecule is Cc1ccc2cc1OCCNC(=O)CN(Cc1ccc(-c3nn[nH]n3)cc1)CCNC(=O)[C@H]([C@@H](C)O)NC2=O. The minimum absolute atomic E-state index is 0.0908. The second-order valence-corrected chi connectivity index (χ2v) is 9.30. The maximum Gasteiger partial charge on any atom is 0.252 e. The molecule has 1 aliphatic heterocycles. The van der Waals surface area contributed by atoms with Crippen LogP contribution in [0.5, 0.6) is 5.75 Å². The van der Waals surface area contributed by atoms with Gasteiger partial charge in [0.1, 0.15) is 18.4 Å². The number of carbonyl (C=O) groups excluding carboxylic acids is 3. The van der Waals surface area contributed by atoms with E-state index in [0.717, 1.165) is 16.7 Å². The van der Waals surface area contributed by atoms with Crippen molar-refractivity contribution in [3.63, 3.8) is 0 Å². The first kappa shape index (κ1) is 27.7. The monoisotopic (exact) mass is 536 g/mol. The zero-order valence-electron chi connectivity index (χ0n) is 21.8. The van der Waals surface area contributed by atoms with Crippen molar-refractivity contribution >= 4 is 17.7 Å². The number of fused-ring (bicyclic) bond motifs is 2. The molecule has 3 aromatic rings. The van der Waals surface area contributed by atoms with Gasteiger partial charge in [0, 0.05) is 30.8 Å². The van der Waals surface area contributed by atoms with E-state index < -0.39 is 24.0 Å². The predicted molar refractivity (Wildman–Crippen MR) is 141 cm³/mol. The van der Waals surface area contributed by atoms with Gasteiger partial charge in [0.05, 0.1) is 19.2 Å².